The second kappa shape index (κ2) is 23.5. The number of allylic oxidation sites excluding steroid dienone is 7. The van der Waals surface area contributed by atoms with Crippen LogP contribution >= 0.6 is 0 Å². The van der Waals surface area contributed by atoms with E-state index in [0.717, 1.165) is 71.1 Å². The van der Waals surface area contributed by atoms with Gasteiger partial charge in [-0.25, -0.2) is 4.89 Å². The molecule has 4 N–H and O–H groups in total. The molecule has 1 atom stereocenters. The first kappa shape index (κ1) is 28.3. The van der Waals surface area contributed by atoms with E-state index in [1.54, 1.807) is 0 Å². The highest BCUT2D eigenvalue weighted by Crippen LogP contribution is 2.07. The van der Waals surface area contributed by atoms with Gasteiger partial charge in [-0.15, -0.1) is 0 Å². The van der Waals surface area contributed by atoms with Crippen molar-refractivity contribution in [1.29, 1.82) is 0 Å². The highest BCUT2D eigenvalue weighted by atomic mass is 17.1. The van der Waals surface area contributed by atoms with Crippen LogP contribution in [0.2, 0.25) is 0 Å². The van der Waals surface area contributed by atoms with Gasteiger partial charge in [-0.1, -0.05) is 74.8 Å². The molecular weight excluding hydrogens is 380 g/mol. The van der Waals surface area contributed by atoms with Gasteiger partial charge in [0.25, 0.3) is 0 Å². The van der Waals surface area contributed by atoms with E-state index in [1.165, 1.54) is 0 Å². The van der Waals surface area contributed by atoms with Crippen LogP contribution in [0.15, 0.2) is 48.6 Å². The van der Waals surface area contributed by atoms with Crippen molar-refractivity contribution in [2.75, 3.05) is 26.2 Å². The topological polar surface area (TPSA) is 90.8 Å². The van der Waals surface area contributed by atoms with Crippen molar-refractivity contribution < 1.29 is 20.0 Å². The predicted octanol–water partition coefficient (Wildman–Crippen LogP) is 4.86. The van der Waals surface area contributed by atoms with Gasteiger partial charge >= 0.3 is 5.97 Å². The van der Waals surface area contributed by atoms with Gasteiger partial charge in [0, 0.05) is 32.6 Å². The number of piperazine rings is 1. The fourth-order valence-electron chi connectivity index (χ4n) is 2.66. The molecule has 1 aliphatic rings. The molecule has 0 aliphatic carbocycles. The predicted molar refractivity (Wildman–Crippen MR) is 125 cm³/mol. The molecule has 1 rings (SSSR count). The average Bonchev–Trinajstić information content (AvgIpc) is 2.77. The molecule has 1 unspecified atom stereocenters. The molecule has 1 saturated heterocycles. The van der Waals surface area contributed by atoms with Crippen LogP contribution in [0.4, 0.5) is 0 Å². The molecule has 172 valence electrons. The first-order valence-corrected chi connectivity index (χ1v) is 11.3. The van der Waals surface area contributed by atoms with Gasteiger partial charge in [-0.3, -0.25) is 10.1 Å². The number of carboxylic acid groups (broad SMARTS) is 1. The molecule has 6 nitrogen and oxygen atoms in total. The fourth-order valence-corrected chi connectivity index (χ4v) is 2.66. The Morgan fingerprint density at radius 2 is 1.57 bits per heavy atom. The van der Waals surface area contributed by atoms with Crippen molar-refractivity contribution in [3.05, 3.63) is 48.6 Å². The lowest BCUT2D eigenvalue weighted by atomic mass is 10.1. The minimum absolute atomic E-state index is 0.219. The zero-order chi connectivity index (χ0) is 22.1. The van der Waals surface area contributed by atoms with E-state index in [4.69, 9.17) is 10.4 Å². The summed E-state index contributed by atoms with van der Waals surface area (Å²) >= 11 is 0. The fraction of sp³-hybridized carbons (Fsp3) is 0.625. The average molecular weight is 423 g/mol. The summed E-state index contributed by atoms with van der Waals surface area (Å²) in [6.45, 7) is 6.70. The molecule has 0 amide bonds. The largest absolute Gasteiger partial charge is 0.481 e. The van der Waals surface area contributed by atoms with Gasteiger partial charge < -0.3 is 15.7 Å². The van der Waals surface area contributed by atoms with Crippen LogP contribution in [-0.2, 0) is 9.68 Å². The van der Waals surface area contributed by atoms with Crippen LogP contribution in [0.3, 0.4) is 0 Å². The Morgan fingerprint density at radius 3 is 2.13 bits per heavy atom. The summed E-state index contributed by atoms with van der Waals surface area (Å²) in [7, 11) is 0. The number of carbonyl (C=O) groups is 1. The quantitative estimate of drug-likeness (QED) is 0.0990. The lowest BCUT2D eigenvalue weighted by molar-refractivity contribution is -0.267. The van der Waals surface area contributed by atoms with Crippen LogP contribution in [0.1, 0.15) is 64.7 Å². The van der Waals surface area contributed by atoms with Crippen molar-refractivity contribution in [2.24, 2.45) is 0 Å². The van der Waals surface area contributed by atoms with Crippen LogP contribution in [0.5, 0.6) is 0 Å². The van der Waals surface area contributed by atoms with E-state index in [1.807, 2.05) is 30.4 Å². The third kappa shape index (κ3) is 22.6. The normalized spacial score (nSPS) is 15.8. The first-order chi connectivity index (χ1) is 14.7. The molecule has 0 aromatic heterocycles. The summed E-state index contributed by atoms with van der Waals surface area (Å²) < 4.78 is 0. The number of hydrogen-bond acceptors (Lipinski definition) is 5. The number of carboxylic acids is 1. The molecule has 0 spiro atoms. The Morgan fingerprint density at radius 1 is 0.933 bits per heavy atom. The van der Waals surface area contributed by atoms with Crippen LogP contribution in [0, 0.1) is 0 Å². The monoisotopic (exact) mass is 422 g/mol. The van der Waals surface area contributed by atoms with Gasteiger partial charge in [-0.05, 0) is 32.1 Å². The van der Waals surface area contributed by atoms with Crippen molar-refractivity contribution in [3.8, 4) is 0 Å². The van der Waals surface area contributed by atoms with E-state index in [-0.39, 0.29) is 12.5 Å². The van der Waals surface area contributed by atoms with Gasteiger partial charge in [0.05, 0.1) is 0 Å². The maximum absolute atomic E-state index is 10.3. The second-order valence-electron chi connectivity index (χ2n) is 7.15. The Bertz CT molecular complexity index is 486. The molecule has 30 heavy (non-hydrogen) atoms. The molecule has 0 aromatic rings. The smallest absolute Gasteiger partial charge is 0.303 e. The Kier molecular flexibility index (Phi) is 22.2. The third-order valence-electron chi connectivity index (χ3n) is 4.40. The molecule has 0 bridgehead atoms. The third-order valence-corrected chi connectivity index (χ3v) is 4.40. The Hall–Kier alpha value is -1.73. The SMILES string of the molecule is C1CNCCN1.CCCCCC(/C=C/C=C/C/C=C/C/C=C/CCCC(=O)O)OO. The van der Waals surface area contributed by atoms with Gasteiger partial charge in [-0.2, -0.15) is 0 Å². The van der Waals surface area contributed by atoms with Crippen molar-refractivity contribution in [1.82, 2.24) is 10.6 Å². The van der Waals surface area contributed by atoms with Gasteiger partial charge in [0.1, 0.15) is 6.10 Å². The lowest BCUT2D eigenvalue weighted by Crippen LogP contribution is -2.39. The number of rotatable bonds is 15. The van der Waals surface area contributed by atoms with E-state index in [0.29, 0.717) is 6.42 Å². The van der Waals surface area contributed by atoms with Gasteiger partial charge in [0.2, 0.25) is 0 Å². The van der Waals surface area contributed by atoms with Crippen LogP contribution in [0.25, 0.3) is 0 Å². The maximum atomic E-state index is 10.3. The second-order valence-corrected chi connectivity index (χ2v) is 7.15. The molecule has 1 fully saturated rings. The molecule has 0 radical (unpaired) electrons. The standard InChI is InChI=1S/C20H32O4.C4H10N2/c1-2-3-13-16-19(24-23)17-14-11-9-7-5-4-6-8-10-12-15-18-20(21)22;1-2-6-4-3-5-1/h4-5,8-11,14,17,19,23H,2-3,6-7,12-13,15-16,18H2,1H3,(H,21,22);5-6H,1-4H2/b5-4+,10-8+,11-9+,17-14+;. The minimum atomic E-state index is -0.734. The van der Waals surface area contributed by atoms with Crippen LogP contribution < -0.4 is 10.6 Å². The number of aliphatic carboxylic acids is 1. The minimum Gasteiger partial charge on any atom is -0.481 e. The maximum Gasteiger partial charge on any atom is 0.303 e. The zero-order valence-corrected chi connectivity index (χ0v) is 18.6. The summed E-state index contributed by atoms with van der Waals surface area (Å²) in [5.41, 5.74) is 0. The van der Waals surface area contributed by atoms with Crippen molar-refractivity contribution >= 4 is 5.97 Å². The molecule has 1 aliphatic heterocycles. The van der Waals surface area contributed by atoms with E-state index in [2.05, 4.69) is 40.7 Å². The van der Waals surface area contributed by atoms with Crippen LogP contribution in [-0.4, -0.2) is 48.6 Å². The van der Waals surface area contributed by atoms with E-state index >= 15 is 0 Å². The highest BCUT2D eigenvalue weighted by molar-refractivity contribution is 5.66. The Labute approximate surface area is 182 Å². The summed E-state index contributed by atoms with van der Waals surface area (Å²) in [5, 5.41) is 23.8. The summed E-state index contributed by atoms with van der Waals surface area (Å²) in [6.07, 6.45) is 23.5. The molecule has 0 aromatic carbocycles. The number of hydrogen-bond donors (Lipinski definition) is 4. The molecule has 0 saturated carbocycles. The highest BCUT2D eigenvalue weighted by Gasteiger charge is 2.02. The van der Waals surface area contributed by atoms with Crippen molar-refractivity contribution in [2.45, 2.75) is 70.8 Å². The molecular formula is C24H42N2O4. The van der Waals surface area contributed by atoms with Gasteiger partial charge in [0.15, 0.2) is 0 Å². The zero-order valence-electron chi connectivity index (χ0n) is 18.6. The van der Waals surface area contributed by atoms with E-state index < -0.39 is 5.97 Å². The Balaban J connectivity index is 0.00000118. The summed E-state index contributed by atoms with van der Waals surface area (Å²) in [5.74, 6) is -0.734. The first-order valence-electron chi connectivity index (χ1n) is 11.3. The van der Waals surface area contributed by atoms with Crippen molar-refractivity contribution in [3.63, 3.8) is 0 Å². The summed E-state index contributed by atoms with van der Waals surface area (Å²) in [6, 6.07) is 0. The summed E-state index contributed by atoms with van der Waals surface area (Å²) in [4.78, 5) is 14.8. The number of nitrogens with one attached hydrogen (secondary N) is 2. The molecule has 1 heterocycles. The number of unbranched alkanes of at least 4 members (excludes halogenated alkanes) is 3. The lowest BCUT2D eigenvalue weighted by Gasteiger charge is -2.11. The molecule has 6 heteroatoms. The van der Waals surface area contributed by atoms with E-state index in [9.17, 15) is 4.79 Å².